The molecule has 0 aliphatic carbocycles. The summed E-state index contributed by atoms with van der Waals surface area (Å²) >= 11 is 7.35. The lowest BCUT2D eigenvalue weighted by Crippen LogP contribution is -2.34. The van der Waals surface area contributed by atoms with E-state index in [1.165, 1.54) is 116 Å². The SMILES string of the molecule is CCCCCCCc1cc(-c2ccc(C3=C4C(=O)N(CC(C)CCC)C(c5ccc(-c6cc(CCCCCCC)c(C(C)(CC)CC)s6)s5)=C4C(=O)N3CC(C)CCC)s2)sc1-c1ccc(C(N)(CC)CC)cc1. The first-order chi connectivity index (χ1) is 35.7. The molecule has 5 nitrogen and oxygen atoms in total. The van der Waals surface area contributed by atoms with Gasteiger partial charge in [-0.1, -0.05) is 165 Å². The van der Waals surface area contributed by atoms with Crippen LogP contribution in [0.15, 0.2) is 71.8 Å². The van der Waals surface area contributed by atoms with Crippen molar-refractivity contribution >= 4 is 68.6 Å². The molecule has 0 spiro atoms. The van der Waals surface area contributed by atoms with Gasteiger partial charge in [0.2, 0.25) is 0 Å². The molecule has 0 radical (unpaired) electrons. The Kier molecular flexibility index (Phi) is 20.9. The van der Waals surface area contributed by atoms with Crippen molar-refractivity contribution in [3.63, 3.8) is 0 Å². The zero-order valence-electron chi connectivity index (χ0n) is 47.4. The van der Waals surface area contributed by atoms with Crippen LogP contribution in [0.4, 0.5) is 0 Å². The van der Waals surface area contributed by atoms with Crippen molar-refractivity contribution in [3.8, 4) is 29.9 Å². The molecular weight excluding hydrogens is 983 g/mol. The molecule has 2 N–H and O–H groups in total. The molecule has 6 heterocycles. The zero-order valence-corrected chi connectivity index (χ0v) is 50.7. The summed E-state index contributed by atoms with van der Waals surface area (Å²) in [6.45, 7) is 26.2. The molecule has 0 bridgehead atoms. The van der Waals surface area contributed by atoms with Crippen LogP contribution in [0, 0.1) is 11.8 Å². The Hall–Kier alpha value is -3.60. The number of benzene rings is 1. The minimum Gasteiger partial charge on any atom is -0.321 e. The minimum absolute atomic E-state index is 0.0258. The molecule has 2 unspecified atom stereocenters. The van der Waals surface area contributed by atoms with E-state index in [0.717, 1.165) is 85.4 Å². The number of fused-ring (bicyclic) bond motifs is 1. The summed E-state index contributed by atoms with van der Waals surface area (Å²) in [5.41, 5.74) is 14.9. The number of aryl methyl sites for hydroxylation is 2. The van der Waals surface area contributed by atoms with E-state index < -0.39 is 0 Å². The fourth-order valence-corrected chi connectivity index (χ4v) is 16.5. The van der Waals surface area contributed by atoms with Gasteiger partial charge in [0.15, 0.2) is 0 Å². The van der Waals surface area contributed by atoms with E-state index >= 15 is 9.59 Å². The molecule has 7 rings (SSSR count). The van der Waals surface area contributed by atoms with Crippen molar-refractivity contribution in [2.75, 3.05) is 13.1 Å². The lowest BCUT2D eigenvalue weighted by Gasteiger charge is -2.27. The zero-order chi connectivity index (χ0) is 53.2. The second-order valence-electron chi connectivity index (χ2n) is 22.4. The first-order valence-electron chi connectivity index (χ1n) is 29.2. The summed E-state index contributed by atoms with van der Waals surface area (Å²) in [5, 5.41) is 0. The van der Waals surface area contributed by atoms with E-state index in [-0.39, 0.29) is 34.6 Å². The van der Waals surface area contributed by atoms with Gasteiger partial charge in [0.1, 0.15) is 0 Å². The molecule has 5 aromatic rings. The van der Waals surface area contributed by atoms with Crippen molar-refractivity contribution in [1.29, 1.82) is 0 Å². The van der Waals surface area contributed by atoms with E-state index in [0.29, 0.717) is 24.2 Å². The average molecular weight is 1070 g/mol. The van der Waals surface area contributed by atoms with Crippen LogP contribution in [0.25, 0.3) is 41.3 Å². The highest BCUT2D eigenvalue weighted by molar-refractivity contribution is 7.24. The standard InChI is InChI=1S/C65H91N3O2S4/c1-12-20-22-24-26-30-47-40-54(73-60(47)46-32-34-49(35-33-46)65(66,18-7)19-8)50-36-38-52(71-50)58-56-57(63(70)67(58)42-44(9)28-14-3)59(68(62(56)69)43-45(10)29-15-4)53-39-37-51(72-53)55-41-48(31-27-25-23-21-13-2)61(74-55)64(11,16-5)17-6/h32-41,44-45H,12-31,42-43,66H2,1-11H3. The number of rotatable bonds is 31. The van der Waals surface area contributed by atoms with Gasteiger partial charge in [-0.05, 0) is 135 Å². The quantitative estimate of drug-likeness (QED) is 0.0450. The van der Waals surface area contributed by atoms with Crippen molar-refractivity contribution in [1.82, 2.24) is 9.80 Å². The fraction of sp³-hybridized carbons (Fsp3) is 0.569. The monoisotopic (exact) mass is 1070 g/mol. The maximum atomic E-state index is 15.5. The molecule has 9 heteroatoms. The van der Waals surface area contributed by atoms with Crippen molar-refractivity contribution in [3.05, 3.63) is 103 Å². The number of nitrogens with zero attached hydrogens (tertiary/aromatic N) is 2. The van der Waals surface area contributed by atoms with Gasteiger partial charge in [0.25, 0.3) is 11.8 Å². The average Bonchev–Trinajstić information content (AvgIpc) is 4.29. The van der Waals surface area contributed by atoms with Gasteiger partial charge in [0.05, 0.1) is 32.3 Å². The van der Waals surface area contributed by atoms with E-state index in [1.54, 1.807) is 22.7 Å². The van der Waals surface area contributed by atoms with Crippen LogP contribution in [0.3, 0.4) is 0 Å². The van der Waals surface area contributed by atoms with Crippen LogP contribution < -0.4 is 5.73 Å². The van der Waals surface area contributed by atoms with Gasteiger partial charge in [-0.3, -0.25) is 9.59 Å². The lowest BCUT2D eigenvalue weighted by atomic mass is 9.81. The van der Waals surface area contributed by atoms with Crippen LogP contribution in [-0.4, -0.2) is 34.7 Å². The van der Waals surface area contributed by atoms with Crippen molar-refractivity contribution in [2.24, 2.45) is 17.6 Å². The molecule has 2 amide bonds. The Morgan fingerprint density at radius 2 is 0.946 bits per heavy atom. The molecule has 0 saturated carbocycles. The number of carbonyl (C=O) groups is 2. The third-order valence-corrected chi connectivity index (χ3v) is 22.0. The first kappa shape index (κ1) is 58.1. The number of amides is 2. The fourth-order valence-electron chi connectivity index (χ4n) is 11.5. The molecule has 402 valence electrons. The van der Waals surface area contributed by atoms with Crippen LogP contribution in [0.5, 0.6) is 0 Å². The highest BCUT2D eigenvalue weighted by atomic mass is 32.1. The predicted octanol–water partition coefficient (Wildman–Crippen LogP) is 19.7. The summed E-state index contributed by atoms with van der Waals surface area (Å²) < 4.78 is 0. The molecule has 0 fully saturated rings. The highest BCUT2D eigenvalue weighted by Gasteiger charge is 2.50. The molecule has 1 aromatic carbocycles. The van der Waals surface area contributed by atoms with Crippen LogP contribution in [0.1, 0.15) is 223 Å². The summed E-state index contributed by atoms with van der Waals surface area (Å²) in [7, 11) is 0. The number of carbonyl (C=O) groups excluding carboxylic acids is 2. The molecule has 74 heavy (non-hydrogen) atoms. The molecule has 2 aliphatic rings. The highest BCUT2D eigenvalue weighted by Crippen LogP contribution is 2.52. The number of hydrogen-bond acceptors (Lipinski definition) is 7. The maximum Gasteiger partial charge on any atom is 0.261 e. The molecule has 4 aromatic heterocycles. The van der Waals surface area contributed by atoms with Crippen LogP contribution in [-0.2, 0) is 33.4 Å². The topological polar surface area (TPSA) is 66.6 Å². The second kappa shape index (κ2) is 26.6. The van der Waals surface area contributed by atoms with Gasteiger partial charge in [-0.15, -0.1) is 45.3 Å². The molecule has 0 saturated heterocycles. The van der Waals surface area contributed by atoms with Gasteiger partial charge in [-0.25, -0.2) is 0 Å². The Bertz CT molecular complexity index is 2700. The Morgan fingerprint density at radius 3 is 1.41 bits per heavy atom. The van der Waals surface area contributed by atoms with E-state index in [2.05, 4.69) is 137 Å². The van der Waals surface area contributed by atoms with Gasteiger partial charge < -0.3 is 15.5 Å². The van der Waals surface area contributed by atoms with Crippen LogP contribution in [0.2, 0.25) is 0 Å². The van der Waals surface area contributed by atoms with E-state index in [9.17, 15) is 0 Å². The number of thiophene rings is 4. The Balaban J connectivity index is 1.33. The lowest BCUT2D eigenvalue weighted by molar-refractivity contribution is -0.124. The number of nitrogens with two attached hydrogens (primary N) is 1. The number of hydrogen-bond donors (Lipinski definition) is 1. The summed E-state index contributed by atoms with van der Waals surface area (Å²) in [4.78, 5) is 44.8. The van der Waals surface area contributed by atoms with E-state index in [1.807, 2.05) is 32.5 Å². The van der Waals surface area contributed by atoms with Gasteiger partial charge in [0, 0.05) is 53.3 Å². The van der Waals surface area contributed by atoms with E-state index in [4.69, 9.17) is 5.73 Å². The Morgan fingerprint density at radius 1 is 0.500 bits per heavy atom. The maximum absolute atomic E-state index is 15.5. The third kappa shape index (κ3) is 12.7. The van der Waals surface area contributed by atoms with Gasteiger partial charge >= 0.3 is 0 Å². The minimum atomic E-state index is -0.320. The van der Waals surface area contributed by atoms with Crippen molar-refractivity contribution in [2.45, 2.75) is 216 Å². The Labute approximate surface area is 464 Å². The predicted molar refractivity (Wildman–Crippen MR) is 325 cm³/mol. The largest absolute Gasteiger partial charge is 0.321 e. The molecule has 2 aliphatic heterocycles. The molecule has 2 atom stereocenters. The first-order valence-corrected chi connectivity index (χ1v) is 32.5. The summed E-state index contributed by atoms with van der Waals surface area (Å²) in [6.07, 6.45) is 22.9. The van der Waals surface area contributed by atoms with Crippen LogP contribution >= 0.6 is 45.3 Å². The summed E-state index contributed by atoms with van der Waals surface area (Å²) in [6, 6.07) is 22.9. The van der Waals surface area contributed by atoms with Gasteiger partial charge in [-0.2, -0.15) is 0 Å². The van der Waals surface area contributed by atoms with Crippen molar-refractivity contribution < 1.29 is 9.59 Å². The third-order valence-electron chi connectivity index (χ3n) is 16.7. The number of unbranched alkanes of at least 4 members (excludes halogenated alkanes) is 8. The summed E-state index contributed by atoms with van der Waals surface area (Å²) in [5.74, 6) is 0.513. The molecular formula is C65H91N3O2S4. The smallest absolute Gasteiger partial charge is 0.261 e. The normalized spacial score (nSPS) is 15.2. The second-order valence-corrected chi connectivity index (χ2v) is 26.6.